The lowest BCUT2D eigenvalue weighted by atomic mass is 9.99. The van der Waals surface area contributed by atoms with Crippen molar-refractivity contribution in [3.05, 3.63) is 175 Å². The number of carbonyl (C=O) groups excluding carboxylic acids is 1. The highest BCUT2D eigenvalue weighted by atomic mass is 79.9. The van der Waals surface area contributed by atoms with Crippen molar-refractivity contribution >= 4 is 65.8 Å². The summed E-state index contributed by atoms with van der Waals surface area (Å²) >= 11 is 3.34. The van der Waals surface area contributed by atoms with E-state index >= 15 is 17.6 Å². The molecule has 0 unspecified atom stereocenters. The zero-order valence-corrected chi connectivity index (χ0v) is 35.9. The number of fused-ring (bicyclic) bond motifs is 4. The van der Waals surface area contributed by atoms with E-state index in [9.17, 15) is 14.4 Å². The van der Waals surface area contributed by atoms with Gasteiger partial charge in [-0.1, -0.05) is 24.3 Å². The van der Waals surface area contributed by atoms with Gasteiger partial charge in [0.1, 0.15) is 39.9 Å². The first-order valence-electron chi connectivity index (χ1n) is 19.5. The number of hydrogen-bond acceptors (Lipinski definition) is 10. The van der Waals surface area contributed by atoms with Crippen molar-refractivity contribution in [1.82, 2.24) is 48.6 Å². The fraction of sp³-hybridized carbons (Fsp3) is 0.109. The smallest absolute Gasteiger partial charge is 0.341 e. The van der Waals surface area contributed by atoms with Crippen LogP contribution in [0.2, 0.25) is 0 Å². The fourth-order valence-corrected chi connectivity index (χ4v) is 8.18. The summed E-state index contributed by atoms with van der Waals surface area (Å²) in [5, 5.41) is 10.2. The lowest BCUT2D eigenvalue weighted by Gasteiger charge is -2.13. The number of aryl methyl sites for hydroxylation is 2. The third-order valence-electron chi connectivity index (χ3n) is 10.7. The van der Waals surface area contributed by atoms with Crippen LogP contribution < -0.4 is 11.1 Å². The molecule has 10 aromatic rings. The summed E-state index contributed by atoms with van der Waals surface area (Å²) in [4.78, 5) is 54.1. The van der Waals surface area contributed by atoms with Gasteiger partial charge in [-0.05, 0) is 74.6 Å². The van der Waals surface area contributed by atoms with Crippen LogP contribution in [0.3, 0.4) is 0 Å². The largest absolute Gasteiger partial charge is 0.465 e. The molecule has 0 fully saturated rings. The second-order valence-corrected chi connectivity index (χ2v) is 15.7. The van der Waals surface area contributed by atoms with E-state index in [2.05, 4.69) is 46.1 Å². The molecule has 14 nitrogen and oxygen atoms in total. The summed E-state index contributed by atoms with van der Waals surface area (Å²) < 4.78 is 71.1. The van der Waals surface area contributed by atoms with Gasteiger partial charge in [-0.25, -0.2) is 32.3 Å². The lowest BCUT2D eigenvalue weighted by Crippen LogP contribution is -2.25. The van der Waals surface area contributed by atoms with Gasteiger partial charge in [0.25, 0.3) is 11.1 Å². The lowest BCUT2D eigenvalue weighted by molar-refractivity contribution is 0.0601. The summed E-state index contributed by atoms with van der Waals surface area (Å²) in [7, 11) is 4.74. The van der Waals surface area contributed by atoms with Gasteiger partial charge in [0.2, 0.25) is 0 Å². The van der Waals surface area contributed by atoms with E-state index in [-0.39, 0.29) is 39.8 Å². The van der Waals surface area contributed by atoms with Crippen molar-refractivity contribution in [3.8, 4) is 22.3 Å². The number of aromatic nitrogens is 10. The van der Waals surface area contributed by atoms with Crippen molar-refractivity contribution in [2.75, 3.05) is 7.11 Å². The summed E-state index contributed by atoms with van der Waals surface area (Å²) in [6, 6.07) is 15.7. The van der Waals surface area contributed by atoms with Crippen LogP contribution in [0.5, 0.6) is 0 Å². The molecular formula is C46H31BrF4N10O4. The third-order valence-corrected chi connectivity index (χ3v) is 11.2. The van der Waals surface area contributed by atoms with Gasteiger partial charge in [-0.2, -0.15) is 10.2 Å². The minimum Gasteiger partial charge on any atom is -0.465 e. The van der Waals surface area contributed by atoms with Crippen LogP contribution in [0.4, 0.5) is 17.6 Å². The molecule has 0 aliphatic heterocycles. The Bertz CT molecular complexity index is 3640. The molecule has 0 amide bonds. The Labute approximate surface area is 372 Å². The Morgan fingerprint density at radius 1 is 0.600 bits per heavy atom. The molecule has 324 valence electrons. The van der Waals surface area contributed by atoms with Crippen LogP contribution >= 0.6 is 15.9 Å². The Hall–Kier alpha value is -7.93. The van der Waals surface area contributed by atoms with E-state index < -0.39 is 46.9 Å². The Balaban J connectivity index is 0.000000165. The van der Waals surface area contributed by atoms with Gasteiger partial charge < -0.3 is 13.9 Å². The summed E-state index contributed by atoms with van der Waals surface area (Å²) in [5.74, 6) is -3.89. The maximum absolute atomic E-state index is 15.2. The number of carbonyl (C=O) groups is 1. The quantitative estimate of drug-likeness (QED) is 0.114. The van der Waals surface area contributed by atoms with Crippen molar-refractivity contribution in [2.24, 2.45) is 14.1 Å². The Morgan fingerprint density at radius 2 is 1.02 bits per heavy atom. The number of esters is 1. The first-order chi connectivity index (χ1) is 31.3. The minimum absolute atomic E-state index is 0.0362. The zero-order valence-electron chi connectivity index (χ0n) is 34.3. The molecule has 0 N–H and O–H groups in total. The average molecular weight is 944 g/mol. The molecule has 0 bridgehead atoms. The number of pyridine rings is 2. The predicted octanol–water partition coefficient (Wildman–Crippen LogP) is 7.89. The van der Waals surface area contributed by atoms with E-state index in [0.29, 0.717) is 37.8 Å². The molecule has 65 heavy (non-hydrogen) atoms. The average Bonchev–Trinajstić information content (AvgIpc) is 3.89. The van der Waals surface area contributed by atoms with Crippen molar-refractivity contribution in [1.29, 1.82) is 0 Å². The topological polar surface area (TPSA) is 158 Å². The van der Waals surface area contributed by atoms with Crippen LogP contribution in [0.1, 0.15) is 21.5 Å². The van der Waals surface area contributed by atoms with Crippen LogP contribution in [-0.2, 0) is 31.9 Å². The van der Waals surface area contributed by atoms with E-state index in [1.807, 2.05) is 18.3 Å². The molecule has 0 aliphatic rings. The fourth-order valence-electron chi connectivity index (χ4n) is 7.65. The third kappa shape index (κ3) is 7.90. The number of rotatable bonds is 7. The number of methoxy groups -OCH3 is 1. The monoisotopic (exact) mass is 942 g/mol. The van der Waals surface area contributed by atoms with Gasteiger partial charge in [0.05, 0.1) is 35.7 Å². The summed E-state index contributed by atoms with van der Waals surface area (Å²) in [6.45, 7) is -0.733. The van der Waals surface area contributed by atoms with E-state index in [0.717, 1.165) is 20.9 Å². The Kier molecular flexibility index (Phi) is 11.1. The van der Waals surface area contributed by atoms with Crippen molar-refractivity contribution in [3.63, 3.8) is 0 Å². The highest BCUT2D eigenvalue weighted by molar-refractivity contribution is 9.10. The zero-order chi connectivity index (χ0) is 45.7. The first-order valence-corrected chi connectivity index (χ1v) is 20.3. The number of hydrogen-bond donors (Lipinski definition) is 0. The normalized spacial score (nSPS) is 11.4. The molecule has 19 heteroatoms. The van der Waals surface area contributed by atoms with Gasteiger partial charge in [0.15, 0.2) is 11.0 Å². The van der Waals surface area contributed by atoms with Crippen LogP contribution in [-0.4, -0.2) is 61.7 Å². The maximum atomic E-state index is 15.2. The SMILES string of the molecule is COC(=O)c1cn(Cc2c(F)cc(-c3cccc4nn(C)cc34)cc2F)c(=O)c2nccnc12.Cn1cc2c(-c3cc(F)c(Cn4cc(Br)c5nccnc5c4=O)c(F)c3)cccc2n1. The second-order valence-electron chi connectivity index (χ2n) is 14.8. The molecule has 0 spiro atoms. The van der Waals surface area contributed by atoms with Gasteiger partial charge >= 0.3 is 5.97 Å². The molecule has 0 saturated carbocycles. The van der Waals surface area contributed by atoms with E-state index in [4.69, 9.17) is 4.74 Å². The highest BCUT2D eigenvalue weighted by Crippen LogP contribution is 2.33. The molecule has 0 saturated heterocycles. The molecule has 0 aliphatic carbocycles. The molecule has 6 heterocycles. The standard InChI is InChI=1S/C24H17F2N5O3.C22H14BrF2N5O/c1-30-10-15-14(4-3-5-20(15)29-30)13-8-18(25)16(19(26)9-13)11-31-12-17(24(33)34-2)21-22(23(31)32)28-7-6-27-21;1-29-9-14-13(3-2-4-19(14)28-29)12-7-17(24)15(18(25)8-12)10-30-11-16(23)20-21(22(30)31)27-6-5-26-20/h3-10,12H,11H2,1-2H3;2-9,11H,10H2,1H3. The van der Waals surface area contributed by atoms with Crippen molar-refractivity contribution in [2.45, 2.75) is 13.1 Å². The second kappa shape index (κ2) is 17.0. The number of nitrogens with zero attached hydrogens (tertiary/aromatic N) is 10. The maximum Gasteiger partial charge on any atom is 0.341 e. The van der Waals surface area contributed by atoms with Crippen LogP contribution in [0.25, 0.3) is 66.1 Å². The number of halogens is 5. The van der Waals surface area contributed by atoms with Gasteiger partial charge in [0, 0.05) is 85.6 Å². The number of ether oxygens (including phenoxy) is 1. The number of benzene rings is 4. The molecule has 6 aromatic heterocycles. The molecule has 4 aromatic carbocycles. The molecular weight excluding hydrogens is 912 g/mol. The van der Waals surface area contributed by atoms with Crippen molar-refractivity contribution < 1.29 is 27.1 Å². The predicted molar refractivity (Wildman–Crippen MR) is 237 cm³/mol. The summed E-state index contributed by atoms with van der Waals surface area (Å²) in [6.07, 6.45) is 11.7. The van der Waals surface area contributed by atoms with E-state index in [1.165, 1.54) is 73.1 Å². The highest BCUT2D eigenvalue weighted by Gasteiger charge is 2.21. The summed E-state index contributed by atoms with van der Waals surface area (Å²) in [5.41, 5.74) is 2.24. The molecule has 10 rings (SSSR count). The van der Waals surface area contributed by atoms with Crippen LogP contribution in [0.15, 0.2) is 124 Å². The van der Waals surface area contributed by atoms with Gasteiger partial charge in [-0.3, -0.25) is 28.9 Å². The minimum atomic E-state index is -0.832. The Morgan fingerprint density at radius 3 is 1.48 bits per heavy atom. The van der Waals surface area contributed by atoms with Gasteiger partial charge in [-0.15, -0.1) is 0 Å². The first kappa shape index (κ1) is 42.4. The molecule has 0 atom stereocenters. The molecule has 0 radical (unpaired) electrons. The van der Waals surface area contributed by atoms with E-state index in [1.54, 1.807) is 53.9 Å². The van der Waals surface area contributed by atoms with Crippen LogP contribution in [0, 0.1) is 23.3 Å².